The molecule has 0 radical (unpaired) electrons. The van der Waals surface area contributed by atoms with E-state index in [0.717, 1.165) is 16.7 Å². The molecule has 0 bridgehead atoms. The Labute approximate surface area is 271 Å². The molecular formula is C31H31Cl2N7O4S. The first-order chi connectivity index (χ1) is 21.5. The number of primary amides is 1. The summed E-state index contributed by atoms with van der Waals surface area (Å²) in [5.74, 6) is -0.985. The number of sulfonamides is 1. The number of fused-ring (bicyclic) bond motifs is 1. The zero-order chi connectivity index (χ0) is 31.9. The van der Waals surface area contributed by atoms with Crippen molar-refractivity contribution in [3.8, 4) is 11.1 Å². The lowest BCUT2D eigenvalue weighted by Crippen LogP contribution is -2.44. The Kier molecular flexibility index (Phi) is 8.42. The average molecular weight is 669 g/mol. The minimum absolute atomic E-state index is 0.0871. The summed E-state index contributed by atoms with van der Waals surface area (Å²) in [7, 11) is -4.08. The van der Waals surface area contributed by atoms with E-state index in [4.69, 9.17) is 28.9 Å². The van der Waals surface area contributed by atoms with Gasteiger partial charge in [-0.1, -0.05) is 47.5 Å². The summed E-state index contributed by atoms with van der Waals surface area (Å²) in [6.45, 7) is 2.02. The molecule has 2 aromatic carbocycles. The van der Waals surface area contributed by atoms with Crippen molar-refractivity contribution in [3.63, 3.8) is 0 Å². The van der Waals surface area contributed by atoms with Crippen LogP contribution in [0.3, 0.4) is 0 Å². The van der Waals surface area contributed by atoms with Crippen LogP contribution in [0, 0.1) is 5.92 Å². The fourth-order valence-electron chi connectivity index (χ4n) is 6.14. The van der Waals surface area contributed by atoms with E-state index in [1.807, 2.05) is 24.3 Å². The SMILES string of the molecule is C[C@@]1(CCCc2ccc(-c3cncnc3)cc2)C(=O)N(c2cc(Cl)cc(Cl)c2)c2ncc(S(=O)(=O)N3CCC(C(N)=O)CC3)n21. The molecule has 2 aromatic heterocycles. The lowest BCUT2D eigenvalue weighted by molar-refractivity contribution is -0.124. The molecule has 0 saturated carbocycles. The fourth-order valence-corrected chi connectivity index (χ4v) is 8.31. The number of amides is 2. The van der Waals surface area contributed by atoms with Crippen molar-refractivity contribution in [2.75, 3.05) is 18.0 Å². The summed E-state index contributed by atoms with van der Waals surface area (Å²) >= 11 is 12.6. The van der Waals surface area contributed by atoms with Gasteiger partial charge in [-0.2, -0.15) is 4.31 Å². The first kappa shape index (κ1) is 31.2. The quantitative estimate of drug-likeness (QED) is 0.266. The maximum atomic E-state index is 14.3. The number of halogens is 2. The van der Waals surface area contributed by atoms with E-state index in [9.17, 15) is 18.0 Å². The zero-order valence-corrected chi connectivity index (χ0v) is 26.8. The Balaban J connectivity index is 1.31. The molecule has 1 saturated heterocycles. The van der Waals surface area contributed by atoms with Gasteiger partial charge in [-0.05, 0) is 68.4 Å². The highest BCUT2D eigenvalue weighted by atomic mass is 35.5. The van der Waals surface area contributed by atoms with Crippen molar-refractivity contribution < 1.29 is 18.0 Å². The van der Waals surface area contributed by atoms with Gasteiger partial charge in [0.1, 0.15) is 11.9 Å². The van der Waals surface area contributed by atoms with Crippen molar-refractivity contribution in [3.05, 3.63) is 83.0 Å². The van der Waals surface area contributed by atoms with Crippen LogP contribution in [0.1, 0.15) is 38.2 Å². The number of rotatable bonds is 9. The number of aryl methyl sites for hydroxylation is 1. The van der Waals surface area contributed by atoms with Crippen LogP contribution in [0.5, 0.6) is 0 Å². The summed E-state index contributed by atoms with van der Waals surface area (Å²) in [5.41, 5.74) is 7.55. The van der Waals surface area contributed by atoms with Crippen molar-refractivity contribution in [2.24, 2.45) is 11.7 Å². The molecule has 1 atom stereocenters. The number of hydrogen-bond acceptors (Lipinski definition) is 7. The van der Waals surface area contributed by atoms with Crippen LogP contribution in [0.4, 0.5) is 11.6 Å². The largest absolute Gasteiger partial charge is 0.369 e. The summed E-state index contributed by atoms with van der Waals surface area (Å²) in [5, 5.41) is 0.566. The van der Waals surface area contributed by atoms with E-state index in [0.29, 0.717) is 47.8 Å². The van der Waals surface area contributed by atoms with Crippen molar-refractivity contribution in [1.29, 1.82) is 0 Å². The molecule has 0 aliphatic carbocycles. The van der Waals surface area contributed by atoms with Crippen molar-refractivity contribution in [2.45, 2.75) is 49.6 Å². The molecule has 0 unspecified atom stereocenters. The maximum Gasteiger partial charge on any atom is 0.260 e. The number of nitrogens with zero attached hydrogens (tertiary/aromatic N) is 6. The van der Waals surface area contributed by atoms with Gasteiger partial charge in [0, 0.05) is 47.0 Å². The third-order valence-corrected chi connectivity index (χ3v) is 10.9. The number of piperidine rings is 1. The Morgan fingerprint density at radius 3 is 2.27 bits per heavy atom. The summed E-state index contributed by atoms with van der Waals surface area (Å²) in [6, 6.07) is 12.8. The predicted octanol–water partition coefficient (Wildman–Crippen LogP) is 4.95. The van der Waals surface area contributed by atoms with Crippen LogP contribution in [0.25, 0.3) is 11.1 Å². The minimum Gasteiger partial charge on any atom is -0.369 e. The molecule has 14 heteroatoms. The van der Waals surface area contributed by atoms with E-state index in [1.54, 1.807) is 37.5 Å². The van der Waals surface area contributed by atoms with Gasteiger partial charge in [-0.3, -0.25) is 14.2 Å². The van der Waals surface area contributed by atoms with E-state index >= 15 is 0 Å². The van der Waals surface area contributed by atoms with Gasteiger partial charge in [-0.25, -0.2) is 28.3 Å². The Bertz CT molecular complexity index is 1840. The highest BCUT2D eigenvalue weighted by molar-refractivity contribution is 7.89. The molecule has 0 spiro atoms. The number of aromatic nitrogens is 4. The Morgan fingerprint density at radius 2 is 1.64 bits per heavy atom. The lowest BCUT2D eigenvalue weighted by atomic mass is 9.92. The summed E-state index contributed by atoms with van der Waals surface area (Å²) in [4.78, 5) is 40.0. The molecule has 2 N–H and O–H groups in total. The average Bonchev–Trinajstić information content (AvgIpc) is 3.55. The summed E-state index contributed by atoms with van der Waals surface area (Å²) < 4.78 is 30.9. The van der Waals surface area contributed by atoms with Gasteiger partial charge in [0.05, 0.1) is 11.9 Å². The maximum absolute atomic E-state index is 14.3. The van der Waals surface area contributed by atoms with E-state index in [-0.39, 0.29) is 35.9 Å². The second-order valence-electron chi connectivity index (χ2n) is 11.5. The smallest absolute Gasteiger partial charge is 0.260 e. The lowest BCUT2D eigenvalue weighted by Gasteiger charge is -2.31. The van der Waals surface area contributed by atoms with Crippen LogP contribution in [-0.4, -0.2) is 57.1 Å². The Hall–Kier alpha value is -3.84. The predicted molar refractivity (Wildman–Crippen MR) is 171 cm³/mol. The second-order valence-corrected chi connectivity index (χ2v) is 14.3. The van der Waals surface area contributed by atoms with Gasteiger partial charge in [0.25, 0.3) is 15.9 Å². The van der Waals surface area contributed by atoms with Crippen LogP contribution >= 0.6 is 23.2 Å². The first-order valence-electron chi connectivity index (χ1n) is 14.5. The molecule has 2 aliphatic heterocycles. The highest BCUT2D eigenvalue weighted by Gasteiger charge is 2.52. The molecule has 11 nitrogen and oxygen atoms in total. The van der Waals surface area contributed by atoms with Crippen molar-refractivity contribution in [1.82, 2.24) is 23.8 Å². The number of nitrogens with two attached hydrogens (primary N) is 1. The number of carbonyl (C=O) groups excluding carboxylic acids is 2. The third-order valence-electron chi connectivity index (χ3n) is 8.61. The number of carbonyl (C=O) groups is 2. The molecule has 6 rings (SSSR count). The number of imidazole rings is 1. The molecule has 2 aliphatic rings. The van der Waals surface area contributed by atoms with Gasteiger partial charge < -0.3 is 5.73 Å². The number of hydrogen-bond donors (Lipinski definition) is 1. The van der Waals surface area contributed by atoms with Gasteiger partial charge in [-0.15, -0.1) is 0 Å². The zero-order valence-electron chi connectivity index (χ0n) is 24.4. The molecule has 45 heavy (non-hydrogen) atoms. The van der Waals surface area contributed by atoms with Crippen LogP contribution in [0.15, 0.2) is 72.4 Å². The van der Waals surface area contributed by atoms with E-state index in [1.165, 1.54) is 26.3 Å². The molecule has 234 valence electrons. The monoisotopic (exact) mass is 667 g/mol. The van der Waals surface area contributed by atoms with Crippen LogP contribution < -0.4 is 10.6 Å². The fraction of sp³-hybridized carbons (Fsp3) is 0.323. The minimum atomic E-state index is -4.08. The summed E-state index contributed by atoms with van der Waals surface area (Å²) in [6.07, 6.45) is 8.51. The number of benzene rings is 2. The highest BCUT2D eigenvalue weighted by Crippen LogP contribution is 2.45. The van der Waals surface area contributed by atoms with Crippen LogP contribution in [0.2, 0.25) is 10.0 Å². The second kappa shape index (κ2) is 12.2. The van der Waals surface area contributed by atoms with E-state index < -0.39 is 21.5 Å². The van der Waals surface area contributed by atoms with Gasteiger partial charge in [0.2, 0.25) is 11.9 Å². The van der Waals surface area contributed by atoms with Gasteiger partial charge >= 0.3 is 0 Å². The first-order valence-corrected chi connectivity index (χ1v) is 16.7. The van der Waals surface area contributed by atoms with E-state index in [2.05, 4.69) is 15.0 Å². The standard InChI is InChI=1S/C31H31Cl2N7O4S/c1-31(10-2-3-20-4-6-21(7-5-20)23-16-35-19-36-17-23)29(42)39(26-14-24(32)13-25(33)15-26)30-37-18-27(40(30)31)45(43,44)38-11-8-22(9-12-38)28(34)41/h4-7,13-19,22H,2-3,8-12H2,1H3,(H2,34,41)/t31-/m1/s1. The number of anilines is 2. The van der Waals surface area contributed by atoms with Crippen LogP contribution in [-0.2, 0) is 31.6 Å². The van der Waals surface area contributed by atoms with Gasteiger partial charge in [0.15, 0.2) is 5.03 Å². The normalized spacial score (nSPS) is 19.2. The molecule has 1 fully saturated rings. The topological polar surface area (TPSA) is 144 Å². The third kappa shape index (κ3) is 5.83. The van der Waals surface area contributed by atoms with Crippen molar-refractivity contribution >= 4 is 56.7 Å². The Morgan fingerprint density at radius 1 is 1.00 bits per heavy atom. The molecule has 4 aromatic rings. The molecular weight excluding hydrogens is 637 g/mol. The molecule has 2 amide bonds. The molecule has 4 heterocycles.